The molecule has 2 heterocycles. The molecule has 0 saturated carbocycles. The number of esters is 2. The summed E-state index contributed by atoms with van der Waals surface area (Å²) in [5.41, 5.74) is -1.96. The number of benzene rings is 2. The van der Waals surface area contributed by atoms with Crippen molar-refractivity contribution < 1.29 is 41.4 Å². The number of ether oxygens (including phenoxy) is 3. The summed E-state index contributed by atoms with van der Waals surface area (Å²) < 4.78 is 64.0. The van der Waals surface area contributed by atoms with Crippen molar-refractivity contribution in [2.24, 2.45) is 0 Å². The lowest BCUT2D eigenvalue weighted by Crippen LogP contribution is -2.36. The van der Waals surface area contributed by atoms with Crippen LogP contribution in [0.5, 0.6) is 5.75 Å². The number of fused-ring (bicyclic) bond motifs is 1. The van der Waals surface area contributed by atoms with Gasteiger partial charge in [0.1, 0.15) is 17.9 Å². The second-order valence-corrected chi connectivity index (χ2v) is 8.73. The van der Waals surface area contributed by atoms with Gasteiger partial charge in [0, 0.05) is 5.70 Å². The summed E-state index contributed by atoms with van der Waals surface area (Å²) >= 11 is 0. The number of carbonyl (C=O) groups excluding carboxylic acids is 2. The van der Waals surface area contributed by atoms with E-state index in [1.807, 2.05) is 0 Å². The quantitative estimate of drug-likeness (QED) is 0.297. The van der Waals surface area contributed by atoms with Crippen LogP contribution in [0.1, 0.15) is 37.8 Å². The van der Waals surface area contributed by atoms with Gasteiger partial charge in [-0.3, -0.25) is 0 Å². The molecule has 1 aliphatic rings. The zero-order chi connectivity index (χ0) is 29.0. The van der Waals surface area contributed by atoms with Crippen LogP contribution in [0.4, 0.5) is 13.2 Å². The van der Waals surface area contributed by atoms with E-state index in [1.165, 1.54) is 25.1 Å². The molecule has 1 aromatic heterocycles. The lowest BCUT2D eigenvalue weighted by Gasteiger charge is -2.32. The molecule has 0 spiro atoms. The first-order chi connectivity index (χ1) is 19.1. The Kier molecular flexibility index (Phi) is 8.32. The molecule has 1 N–H and O–H groups in total. The number of allylic oxidation sites excluding steroid dienone is 1. The van der Waals surface area contributed by atoms with Crippen LogP contribution in [0.15, 0.2) is 86.3 Å². The Labute approximate surface area is 227 Å². The molecule has 11 heteroatoms. The zero-order valence-electron chi connectivity index (χ0n) is 21.9. The van der Waals surface area contributed by atoms with Crippen LogP contribution in [0.25, 0.3) is 11.0 Å². The Hall–Kier alpha value is -4.54. The van der Waals surface area contributed by atoms with Gasteiger partial charge in [-0.2, -0.15) is 13.2 Å². The molecule has 4 rings (SSSR count). The van der Waals surface area contributed by atoms with Crippen molar-refractivity contribution >= 4 is 22.9 Å². The van der Waals surface area contributed by atoms with E-state index in [9.17, 15) is 27.6 Å². The highest BCUT2D eigenvalue weighted by Gasteiger charge is 2.43. The number of halogens is 3. The third kappa shape index (κ3) is 5.73. The molecule has 1 unspecified atom stereocenters. The first-order valence-corrected chi connectivity index (χ1v) is 12.4. The average molecular weight is 558 g/mol. The summed E-state index contributed by atoms with van der Waals surface area (Å²) in [4.78, 5) is 38.6. The summed E-state index contributed by atoms with van der Waals surface area (Å²) in [7, 11) is 0. The van der Waals surface area contributed by atoms with Crippen molar-refractivity contribution in [3.8, 4) is 5.75 Å². The third-order valence-corrected chi connectivity index (χ3v) is 6.20. The van der Waals surface area contributed by atoms with Gasteiger partial charge in [-0.25, -0.2) is 14.4 Å². The van der Waals surface area contributed by atoms with E-state index in [0.29, 0.717) is 5.39 Å². The molecule has 0 bridgehead atoms. The minimum absolute atomic E-state index is 0.0403. The lowest BCUT2D eigenvalue weighted by molar-refractivity contribution is -0.142. The molecule has 0 fully saturated rings. The maximum absolute atomic E-state index is 14.2. The van der Waals surface area contributed by atoms with Gasteiger partial charge in [0.05, 0.1) is 53.0 Å². The molecular formula is C29H26F3NO7. The second kappa shape index (κ2) is 11.7. The molecule has 8 nitrogen and oxygen atoms in total. The summed E-state index contributed by atoms with van der Waals surface area (Å²) in [6.07, 6.45) is -4.79. The molecule has 0 aliphatic carbocycles. The molecule has 1 aliphatic heterocycles. The van der Waals surface area contributed by atoms with Gasteiger partial charge in [0.15, 0.2) is 0 Å². The maximum atomic E-state index is 14.2. The van der Waals surface area contributed by atoms with Crippen LogP contribution >= 0.6 is 0 Å². The van der Waals surface area contributed by atoms with E-state index in [-0.39, 0.29) is 59.3 Å². The SMILES string of the molecule is CCOC(=O)C1=C(C)NC(COc2cc(=O)oc3ccccc23)=C(C(=O)OCC)C1c1ccccc1C(F)(F)F. The first kappa shape index (κ1) is 28.5. The van der Waals surface area contributed by atoms with Crippen LogP contribution in [0, 0.1) is 0 Å². The molecule has 0 radical (unpaired) electrons. The minimum Gasteiger partial charge on any atom is -0.486 e. The van der Waals surface area contributed by atoms with E-state index in [1.54, 1.807) is 38.1 Å². The normalized spacial score (nSPS) is 15.6. The van der Waals surface area contributed by atoms with E-state index >= 15 is 0 Å². The van der Waals surface area contributed by atoms with Crippen molar-refractivity contribution in [1.82, 2.24) is 5.32 Å². The van der Waals surface area contributed by atoms with Crippen LogP contribution in [-0.4, -0.2) is 31.8 Å². The van der Waals surface area contributed by atoms with Gasteiger partial charge < -0.3 is 23.9 Å². The number of hydrogen-bond donors (Lipinski definition) is 1. The van der Waals surface area contributed by atoms with Crippen LogP contribution in [-0.2, 0) is 25.2 Å². The van der Waals surface area contributed by atoms with Gasteiger partial charge in [0.25, 0.3) is 0 Å². The van der Waals surface area contributed by atoms with E-state index < -0.39 is 35.2 Å². The number of para-hydroxylation sites is 1. The summed E-state index contributed by atoms with van der Waals surface area (Å²) in [6.45, 7) is 4.11. The van der Waals surface area contributed by atoms with Crippen LogP contribution in [0.2, 0.25) is 0 Å². The molecule has 0 saturated heterocycles. The second-order valence-electron chi connectivity index (χ2n) is 8.73. The summed E-state index contributed by atoms with van der Waals surface area (Å²) in [5, 5.41) is 3.40. The van der Waals surface area contributed by atoms with Crippen LogP contribution in [0.3, 0.4) is 0 Å². The maximum Gasteiger partial charge on any atom is 0.416 e. The predicted octanol–water partition coefficient (Wildman–Crippen LogP) is 5.23. The Morgan fingerprint density at radius 1 is 0.950 bits per heavy atom. The van der Waals surface area contributed by atoms with Gasteiger partial charge in [-0.15, -0.1) is 0 Å². The molecule has 40 heavy (non-hydrogen) atoms. The van der Waals surface area contributed by atoms with E-state index in [2.05, 4.69) is 5.32 Å². The zero-order valence-corrected chi connectivity index (χ0v) is 21.9. The molecule has 210 valence electrons. The summed E-state index contributed by atoms with van der Waals surface area (Å²) in [5.74, 6) is -3.19. The van der Waals surface area contributed by atoms with E-state index in [0.717, 1.165) is 12.1 Å². The molecule has 2 aromatic carbocycles. The number of nitrogens with one attached hydrogen (secondary N) is 1. The fourth-order valence-corrected chi connectivity index (χ4v) is 4.61. The minimum atomic E-state index is -4.79. The van der Waals surface area contributed by atoms with Crippen LogP contribution < -0.4 is 15.7 Å². The molecule has 0 amide bonds. The van der Waals surface area contributed by atoms with Crippen molar-refractivity contribution in [1.29, 1.82) is 0 Å². The summed E-state index contributed by atoms with van der Waals surface area (Å²) in [6, 6.07) is 12.4. The first-order valence-electron chi connectivity index (χ1n) is 12.4. The third-order valence-electron chi connectivity index (χ3n) is 6.20. The molecule has 1 atom stereocenters. The smallest absolute Gasteiger partial charge is 0.416 e. The van der Waals surface area contributed by atoms with Crippen molar-refractivity contribution in [3.63, 3.8) is 0 Å². The Morgan fingerprint density at radius 3 is 2.25 bits per heavy atom. The fraction of sp³-hybridized carbons (Fsp3) is 0.276. The number of alkyl halides is 3. The number of carbonyl (C=O) groups is 2. The highest BCUT2D eigenvalue weighted by molar-refractivity contribution is 6.00. The highest BCUT2D eigenvalue weighted by atomic mass is 19.4. The predicted molar refractivity (Wildman–Crippen MR) is 138 cm³/mol. The highest BCUT2D eigenvalue weighted by Crippen LogP contribution is 2.44. The standard InChI is InChI=1S/C29H26F3NO7/c1-4-37-27(35)24-16(3)33-20(15-39-22-14-23(34)40-21-13-9-7-11-18(21)22)26(28(36)38-5-2)25(24)17-10-6-8-12-19(17)29(30,31)32/h6-14,25,33H,4-5,15H2,1-3H3. The Bertz CT molecular complexity index is 1570. The fourth-order valence-electron chi connectivity index (χ4n) is 4.61. The Morgan fingerprint density at radius 2 is 1.57 bits per heavy atom. The Balaban J connectivity index is 1.91. The van der Waals surface area contributed by atoms with Gasteiger partial charge in [-0.1, -0.05) is 30.3 Å². The van der Waals surface area contributed by atoms with Gasteiger partial charge in [-0.05, 0) is 44.5 Å². The van der Waals surface area contributed by atoms with Gasteiger partial charge >= 0.3 is 23.7 Å². The monoisotopic (exact) mass is 557 g/mol. The van der Waals surface area contributed by atoms with Crippen molar-refractivity contribution in [2.45, 2.75) is 32.9 Å². The number of rotatable bonds is 8. The largest absolute Gasteiger partial charge is 0.486 e. The van der Waals surface area contributed by atoms with E-state index in [4.69, 9.17) is 18.6 Å². The number of dihydropyridines is 1. The van der Waals surface area contributed by atoms with Gasteiger partial charge in [0.2, 0.25) is 0 Å². The number of hydrogen-bond acceptors (Lipinski definition) is 8. The van der Waals surface area contributed by atoms with Crippen molar-refractivity contribution in [2.75, 3.05) is 19.8 Å². The topological polar surface area (TPSA) is 104 Å². The molecule has 3 aromatic rings. The van der Waals surface area contributed by atoms with Crippen molar-refractivity contribution in [3.05, 3.63) is 98.7 Å². The lowest BCUT2D eigenvalue weighted by atomic mass is 9.78. The molecular weight excluding hydrogens is 531 g/mol. The average Bonchev–Trinajstić information content (AvgIpc) is 2.90.